The molecule has 2 aromatic carbocycles. The third-order valence-corrected chi connectivity index (χ3v) is 3.94. The molecule has 2 aromatic rings. The van der Waals surface area contributed by atoms with Crippen LogP contribution in [0.25, 0.3) is 4.85 Å². The Morgan fingerprint density at radius 3 is 2.54 bits per heavy atom. The van der Waals surface area contributed by atoms with Crippen LogP contribution in [0.5, 0.6) is 0 Å². The zero-order valence-corrected chi connectivity index (χ0v) is 13.8. The minimum absolute atomic E-state index is 0.287. The fraction of sp³-hybridized carbons (Fsp3) is 0.263. The molecule has 0 saturated heterocycles. The third-order valence-electron chi connectivity index (χ3n) is 3.94. The van der Waals surface area contributed by atoms with E-state index in [0.717, 1.165) is 11.1 Å². The van der Waals surface area contributed by atoms with Crippen molar-refractivity contribution in [2.75, 3.05) is 5.32 Å². The molecule has 0 unspecified atom stereocenters. The van der Waals surface area contributed by atoms with Crippen LogP contribution in [0.15, 0.2) is 42.5 Å². The van der Waals surface area contributed by atoms with Crippen molar-refractivity contribution in [2.24, 2.45) is 5.73 Å². The molecule has 0 aliphatic rings. The average Bonchev–Trinajstić information content (AvgIpc) is 2.54. The molecule has 0 radical (unpaired) electrons. The van der Waals surface area contributed by atoms with E-state index in [-0.39, 0.29) is 11.7 Å². The highest BCUT2D eigenvalue weighted by Crippen LogP contribution is 2.23. The Labute approximate surface area is 141 Å². The van der Waals surface area contributed by atoms with Gasteiger partial charge in [0.05, 0.1) is 12.1 Å². The first-order valence-electron chi connectivity index (χ1n) is 7.65. The number of nitrogens with two attached hydrogens (primary N) is 1. The van der Waals surface area contributed by atoms with E-state index in [0.29, 0.717) is 24.2 Å². The van der Waals surface area contributed by atoms with Gasteiger partial charge >= 0.3 is 0 Å². The lowest BCUT2D eigenvalue weighted by Crippen LogP contribution is -2.48. The fourth-order valence-corrected chi connectivity index (χ4v) is 2.30. The van der Waals surface area contributed by atoms with Gasteiger partial charge in [0, 0.05) is 5.69 Å². The van der Waals surface area contributed by atoms with Gasteiger partial charge in [0.2, 0.25) is 5.91 Å². The minimum atomic E-state index is -1.05. The number of anilines is 1. The van der Waals surface area contributed by atoms with Crippen molar-refractivity contribution in [1.82, 2.24) is 0 Å². The Morgan fingerprint density at radius 2 is 1.96 bits per heavy atom. The molecule has 1 atom stereocenters. The van der Waals surface area contributed by atoms with Gasteiger partial charge in [0.25, 0.3) is 0 Å². The van der Waals surface area contributed by atoms with Crippen molar-refractivity contribution in [3.63, 3.8) is 0 Å². The largest absolute Gasteiger partial charge is 0.325 e. The Morgan fingerprint density at radius 1 is 1.29 bits per heavy atom. The van der Waals surface area contributed by atoms with E-state index in [4.69, 9.17) is 12.3 Å². The monoisotopic (exact) mass is 325 g/mol. The number of hydrogen-bond donors (Lipinski definition) is 2. The van der Waals surface area contributed by atoms with Crippen LogP contribution in [0, 0.1) is 19.3 Å². The average molecular weight is 325 g/mol. The molecule has 24 heavy (non-hydrogen) atoms. The van der Waals surface area contributed by atoms with Gasteiger partial charge < -0.3 is 11.1 Å². The number of halogens is 1. The lowest BCUT2D eigenvalue weighted by molar-refractivity contribution is -0.120. The molecule has 4 nitrogen and oxygen atoms in total. The summed E-state index contributed by atoms with van der Waals surface area (Å²) in [5.41, 5.74) is 7.99. The maximum Gasteiger partial charge on any atom is 0.244 e. The predicted molar refractivity (Wildman–Crippen MR) is 93.4 cm³/mol. The van der Waals surface area contributed by atoms with Gasteiger partial charge in [-0.05, 0) is 62.1 Å². The maximum absolute atomic E-state index is 12.9. The quantitative estimate of drug-likeness (QED) is 0.817. The van der Waals surface area contributed by atoms with Crippen molar-refractivity contribution in [3.8, 4) is 0 Å². The molecule has 0 saturated carbocycles. The van der Waals surface area contributed by atoms with Crippen LogP contribution in [-0.2, 0) is 11.2 Å². The molecule has 0 fully saturated rings. The minimum Gasteiger partial charge on any atom is -0.325 e. The molecule has 0 heterocycles. The molecule has 0 spiro atoms. The van der Waals surface area contributed by atoms with Gasteiger partial charge in [0.15, 0.2) is 5.69 Å². The van der Waals surface area contributed by atoms with E-state index >= 15 is 0 Å². The van der Waals surface area contributed by atoms with Crippen LogP contribution < -0.4 is 11.1 Å². The molecule has 0 aliphatic heterocycles. The Hall–Kier alpha value is -2.71. The standard InChI is InChI=1S/C19H20FN3O/c1-13-12-16(8-9-17(13)22-3)23-18(24)19(2,21)11-10-14-4-6-15(20)7-5-14/h4-9,12H,10-11,21H2,1-2H3,(H,23,24)/t19-/m0/s1. The summed E-state index contributed by atoms with van der Waals surface area (Å²) in [5, 5.41) is 2.79. The number of nitrogens with zero attached hydrogens (tertiary/aromatic N) is 1. The van der Waals surface area contributed by atoms with Crippen LogP contribution in [-0.4, -0.2) is 11.4 Å². The summed E-state index contributed by atoms with van der Waals surface area (Å²) in [5.74, 6) is -0.579. The summed E-state index contributed by atoms with van der Waals surface area (Å²) in [7, 11) is 0. The maximum atomic E-state index is 12.9. The zero-order chi connectivity index (χ0) is 17.7. The van der Waals surface area contributed by atoms with Gasteiger partial charge in [-0.2, -0.15) is 0 Å². The first-order valence-corrected chi connectivity index (χ1v) is 7.65. The molecule has 1 amide bonds. The second kappa shape index (κ2) is 7.24. The number of hydrogen-bond acceptors (Lipinski definition) is 2. The zero-order valence-electron chi connectivity index (χ0n) is 13.8. The number of rotatable bonds is 5. The number of aryl methyl sites for hydroxylation is 2. The summed E-state index contributed by atoms with van der Waals surface area (Å²) in [4.78, 5) is 15.8. The first-order chi connectivity index (χ1) is 11.3. The number of nitrogens with one attached hydrogen (secondary N) is 1. The van der Waals surface area contributed by atoms with Crippen LogP contribution in [0.4, 0.5) is 15.8 Å². The highest BCUT2D eigenvalue weighted by atomic mass is 19.1. The Bertz CT molecular complexity index is 776. The van der Waals surface area contributed by atoms with Crippen LogP contribution in [0.3, 0.4) is 0 Å². The number of carbonyl (C=O) groups is 1. The molecule has 3 N–H and O–H groups in total. The van der Waals surface area contributed by atoms with Crippen molar-refractivity contribution in [3.05, 3.63) is 70.8 Å². The summed E-state index contributed by atoms with van der Waals surface area (Å²) in [6.45, 7) is 10.5. The van der Waals surface area contributed by atoms with E-state index in [9.17, 15) is 9.18 Å². The van der Waals surface area contributed by atoms with Gasteiger partial charge in [-0.25, -0.2) is 9.24 Å². The van der Waals surface area contributed by atoms with Gasteiger partial charge in [0.1, 0.15) is 5.82 Å². The number of benzene rings is 2. The van der Waals surface area contributed by atoms with Gasteiger partial charge in [-0.15, -0.1) is 0 Å². The summed E-state index contributed by atoms with van der Waals surface area (Å²) >= 11 is 0. The highest BCUT2D eigenvalue weighted by Gasteiger charge is 2.28. The lowest BCUT2D eigenvalue weighted by Gasteiger charge is -2.24. The Balaban J connectivity index is 2.00. The number of carbonyl (C=O) groups excluding carboxylic acids is 1. The van der Waals surface area contributed by atoms with Crippen LogP contribution in [0.1, 0.15) is 24.5 Å². The lowest BCUT2D eigenvalue weighted by atomic mass is 9.93. The van der Waals surface area contributed by atoms with E-state index in [1.807, 2.05) is 6.92 Å². The molecular formula is C19H20FN3O. The van der Waals surface area contributed by atoms with Crippen LogP contribution >= 0.6 is 0 Å². The molecule has 0 bridgehead atoms. The normalized spacial score (nSPS) is 13.0. The predicted octanol–water partition coefficient (Wildman–Crippen LogP) is 3.97. The second-order valence-electron chi connectivity index (χ2n) is 6.11. The second-order valence-corrected chi connectivity index (χ2v) is 6.11. The summed E-state index contributed by atoms with van der Waals surface area (Å²) < 4.78 is 12.9. The van der Waals surface area contributed by atoms with Crippen molar-refractivity contribution in [1.29, 1.82) is 0 Å². The van der Waals surface area contributed by atoms with Gasteiger partial charge in [-0.1, -0.05) is 18.2 Å². The van der Waals surface area contributed by atoms with Crippen LogP contribution in [0.2, 0.25) is 0 Å². The smallest absolute Gasteiger partial charge is 0.244 e. The molecule has 0 aromatic heterocycles. The topological polar surface area (TPSA) is 59.5 Å². The van der Waals surface area contributed by atoms with E-state index in [1.165, 1.54) is 12.1 Å². The molecule has 2 rings (SSSR count). The number of amides is 1. The SMILES string of the molecule is [C-]#[N+]c1ccc(NC(=O)[C@@](C)(N)CCc2ccc(F)cc2)cc1C. The summed E-state index contributed by atoms with van der Waals surface area (Å²) in [6.07, 6.45) is 1.01. The first kappa shape index (κ1) is 17.6. The third kappa shape index (κ3) is 4.40. The van der Waals surface area contributed by atoms with Crippen molar-refractivity contribution >= 4 is 17.3 Å². The fourth-order valence-electron chi connectivity index (χ4n) is 2.30. The molecule has 5 heteroatoms. The van der Waals surface area contributed by atoms with E-state index in [1.54, 1.807) is 37.3 Å². The van der Waals surface area contributed by atoms with Gasteiger partial charge in [-0.3, -0.25) is 4.79 Å². The van der Waals surface area contributed by atoms with E-state index in [2.05, 4.69) is 10.2 Å². The summed E-state index contributed by atoms with van der Waals surface area (Å²) in [6, 6.07) is 11.3. The van der Waals surface area contributed by atoms with Crippen molar-refractivity contribution in [2.45, 2.75) is 32.2 Å². The highest BCUT2D eigenvalue weighted by molar-refractivity contribution is 5.97. The van der Waals surface area contributed by atoms with E-state index < -0.39 is 5.54 Å². The molecule has 124 valence electrons. The Kier molecular flexibility index (Phi) is 5.32. The molecular weight excluding hydrogens is 305 g/mol. The van der Waals surface area contributed by atoms with Crippen molar-refractivity contribution < 1.29 is 9.18 Å². The molecule has 0 aliphatic carbocycles.